The molecule has 0 aliphatic carbocycles. The normalized spacial score (nSPS) is 11.9. The number of hydrogen-bond donors (Lipinski definition) is 3. The molecular formula is C26H23F3N6O2. The smallest absolute Gasteiger partial charge is 0.383 e. The molecule has 1 amide bonds. The number of fused-ring (bicyclic) bond motifs is 2. The molecule has 5 aromatic rings. The van der Waals surface area contributed by atoms with Crippen LogP contribution < -0.4 is 10.6 Å². The molecule has 0 saturated carbocycles. The van der Waals surface area contributed by atoms with Gasteiger partial charge in [-0.15, -0.1) is 0 Å². The van der Waals surface area contributed by atoms with Crippen LogP contribution in [0.5, 0.6) is 0 Å². The first-order valence-electron chi connectivity index (χ1n) is 11.5. The Morgan fingerprint density at radius 2 is 1.86 bits per heavy atom. The van der Waals surface area contributed by atoms with Crippen LogP contribution in [0.25, 0.3) is 27.8 Å². The van der Waals surface area contributed by atoms with Gasteiger partial charge in [-0.3, -0.25) is 10.1 Å². The molecule has 0 spiro atoms. The Labute approximate surface area is 209 Å². The maximum absolute atomic E-state index is 13.1. The van der Waals surface area contributed by atoms with Gasteiger partial charge in [0.2, 0.25) is 5.95 Å². The Balaban J connectivity index is 1.35. The fourth-order valence-corrected chi connectivity index (χ4v) is 4.00. The summed E-state index contributed by atoms with van der Waals surface area (Å²) in [6.07, 6.45) is -2.77. The van der Waals surface area contributed by atoms with Gasteiger partial charge in [0.05, 0.1) is 23.2 Å². The fourth-order valence-electron chi connectivity index (χ4n) is 4.00. The van der Waals surface area contributed by atoms with Crippen LogP contribution in [0.3, 0.4) is 0 Å². The second kappa shape index (κ2) is 10.0. The van der Waals surface area contributed by atoms with Crippen molar-refractivity contribution in [3.05, 3.63) is 83.8 Å². The minimum absolute atomic E-state index is 0.208. The van der Waals surface area contributed by atoms with Crippen LogP contribution in [-0.4, -0.2) is 45.5 Å². The molecule has 2 aromatic carbocycles. The van der Waals surface area contributed by atoms with Gasteiger partial charge in [0.15, 0.2) is 0 Å². The molecule has 3 aromatic heterocycles. The largest absolute Gasteiger partial charge is 0.416 e. The first-order valence-corrected chi connectivity index (χ1v) is 11.5. The zero-order valence-corrected chi connectivity index (χ0v) is 19.8. The van der Waals surface area contributed by atoms with Gasteiger partial charge in [-0.1, -0.05) is 24.3 Å². The molecule has 0 unspecified atom stereocenters. The molecule has 5 rings (SSSR count). The Hall–Kier alpha value is -4.22. The van der Waals surface area contributed by atoms with Crippen molar-refractivity contribution in [3.63, 3.8) is 0 Å². The van der Waals surface area contributed by atoms with Crippen molar-refractivity contribution in [2.75, 3.05) is 25.6 Å². The summed E-state index contributed by atoms with van der Waals surface area (Å²) < 4.78 is 46.2. The van der Waals surface area contributed by atoms with E-state index in [1.165, 1.54) is 6.07 Å². The Morgan fingerprint density at radius 3 is 2.68 bits per heavy atom. The topological polar surface area (TPSA) is 96.3 Å². The van der Waals surface area contributed by atoms with E-state index >= 15 is 0 Å². The van der Waals surface area contributed by atoms with Crippen molar-refractivity contribution in [3.8, 4) is 11.1 Å². The molecule has 190 valence electrons. The van der Waals surface area contributed by atoms with E-state index in [9.17, 15) is 18.0 Å². The number of anilines is 1. The molecule has 37 heavy (non-hydrogen) atoms. The van der Waals surface area contributed by atoms with Gasteiger partial charge < -0.3 is 19.4 Å². The van der Waals surface area contributed by atoms with Crippen LogP contribution in [0.1, 0.15) is 21.7 Å². The number of alkyl halides is 3. The van der Waals surface area contributed by atoms with Crippen molar-refractivity contribution in [1.29, 1.82) is 0 Å². The maximum atomic E-state index is 13.1. The van der Waals surface area contributed by atoms with E-state index in [-0.39, 0.29) is 11.6 Å². The minimum Gasteiger partial charge on any atom is -0.383 e. The molecule has 0 fully saturated rings. The lowest BCUT2D eigenvalue weighted by molar-refractivity contribution is -0.137. The van der Waals surface area contributed by atoms with Gasteiger partial charge >= 0.3 is 6.18 Å². The maximum Gasteiger partial charge on any atom is 0.416 e. The molecule has 0 aliphatic rings. The van der Waals surface area contributed by atoms with Crippen LogP contribution in [-0.2, 0) is 17.5 Å². The second-order valence-corrected chi connectivity index (χ2v) is 8.39. The molecule has 0 saturated heterocycles. The number of benzene rings is 2. The zero-order valence-electron chi connectivity index (χ0n) is 19.8. The fraction of sp³-hybridized carbons (Fsp3) is 0.192. The second-order valence-electron chi connectivity index (χ2n) is 8.39. The molecule has 8 nitrogen and oxygen atoms in total. The van der Waals surface area contributed by atoms with E-state index in [1.54, 1.807) is 37.6 Å². The summed E-state index contributed by atoms with van der Waals surface area (Å²) in [5, 5.41) is 5.98. The summed E-state index contributed by atoms with van der Waals surface area (Å²) in [5.41, 5.74) is 3.20. The van der Waals surface area contributed by atoms with Crippen molar-refractivity contribution < 1.29 is 22.7 Å². The van der Waals surface area contributed by atoms with E-state index in [1.807, 2.05) is 22.6 Å². The Morgan fingerprint density at radius 1 is 1.05 bits per heavy atom. The molecule has 3 heterocycles. The lowest BCUT2D eigenvalue weighted by Gasteiger charge is -2.08. The highest BCUT2D eigenvalue weighted by atomic mass is 19.4. The number of methoxy groups -OCH3 is 1. The van der Waals surface area contributed by atoms with Crippen LogP contribution in [0.2, 0.25) is 0 Å². The van der Waals surface area contributed by atoms with E-state index < -0.39 is 17.6 Å². The van der Waals surface area contributed by atoms with Crippen LogP contribution >= 0.6 is 0 Å². The standard InChI is InChI=1S/C26H23F3N6O2/c1-37-11-10-30-14-19-6-3-7-23-31-22(15-35(19)23)24(36)34-25-32-20-9-8-17(13-21(20)33-25)16-4-2-5-18(12-16)26(27,28)29/h2-9,12-13,15,30H,10-11,14H2,1H3,(H2,32,33,34,36). The number of halogens is 3. The number of pyridine rings is 1. The van der Waals surface area contributed by atoms with Gasteiger partial charge in [-0.2, -0.15) is 13.2 Å². The average molecular weight is 509 g/mol. The number of aromatic nitrogens is 4. The third-order valence-electron chi connectivity index (χ3n) is 5.84. The van der Waals surface area contributed by atoms with E-state index in [4.69, 9.17) is 4.74 Å². The Kier molecular flexibility index (Phi) is 6.64. The van der Waals surface area contributed by atoms with Crippen molar-refractivity contribution in [1.82, 2.24) is 24.7 Å². The molecule has 0 radical (unpaired) electrons. The quantitative estimate of drug-likeness (QED) is 0.260. The number of amides is 1. The van der Waals surface area contributed by atoms with Crippen LogP contribution in [0.15, 0.2) is 66.9 Å². The summed E-state index contributed by atoms with van der Waals surface area (Å²) in [6, 6.07) is 15.8. The average Bonchev–Trinajstić information content (AvgIpc) is 3.50. The number of nitrogens with zero attached hydrogens (tertiary/aromatic N) is 3. The number of carbonyl (C=O) groups excluding carboxylic acids is 1. The van der Waals surface area contributed by atoms with E-state index in [0.29, 0.717) is 47.5 Å². The third kappa shape index (κ3) is 5.32. The van der Waals surface area contributed by atoms with E-state index in [0.717, 1.165) is 17.8 Å². The lowest BCUT2D eigenvalue weighted by atomic mass is 10.0. The Bertz CT molecular complexity index is 1570. The number of carbonyl (C=O) groups is 1. The highest BCUT2D eigenvalue weighted by Crippen LogP contribution is 2.33. The number of nitrogens with one attached hydrogen (secondary N) is 3. The lowest BCUT2D eigenvalue weighted by Crippen LogP contribution is -2.19. The van der Waals surface area contributed by atoms with Gasteiger partial charge in [0.1, 0.15) is 11.3 Å². The number of imidazole rings is 2. The monoisotopic (exact) mass is 508 g/mol. The van der Waals surface area contributed by atoms with Crippen molar-refractivity contribution in [2.24, 2.45) is 0 Å². The van der Waals surface area contributed by atoms with E-state index in [2.05, 4.69) is 25.6 Å². The van der Waals surface area contributed by atoms with Gasteiger partial charge in [0.25, 0.3) is 5.91 Å². The highest BCUT2D eigenvalue weighted by Gasteiger charge is 2.30. The summed E-state index contributed by atoms with van der Waals surface area (Å²) in [7, 11) is 1.64. The molecule has 0 aliphatic heterocycles. The van der Waals surface area contributed by atoms with Gasteiger partial charge in [-0.05, 0) is 47.5 Å². The van der Waals surface area contributed by atoms with Gasteiger partial charge in [0, 0.05) is 32.1 Å². The summed E-state index contributed by atoms with van der Waals surface area (Å²) in [5.74, 6) is -0.237. The molecule has 11 heteroatoms. The summed E-state index contributed by atoms with van der Waals surface area (Å²) >= 11 is 0. The number of aromatic amines is 1. The van der Waals surface area contributed by atoms with Crippen LogP contribution in [0.4, 0.5) is 19.1 Å². The molecule has 0 atom stereocenters. The van der Waals surface area contributed by atoms with Gasteiger partial charge in [-0.25, -0.2) is 9.97 Å². The third-order valence-corrected chi connectivity index (χ3v) is 5.84. The number of ether oxygens (including phenoxy) is 1. The number of hydrogen-bond acceptors (Lipinski definition) is 5. The molecule has 3 N–H and O–H groups in total. The number of H-pyrrole nitrogens is 1. The van der Waals surface area contributed by atoms with Crippen molar-refractivity contribution in [2.45, 2.75) is 12.7 Å². The first-order chi connectivity index (χ1) is 17.8. The summed E-state index contributed by atoms with van der Waals surface area (Å²) in [4.78, 5) is 24.7. The SMILES string of the molecule is COCCNCc1cccc2nc(C(=O)Nc3nc4cc(-c5cccc(C(F)(F)F)c5)ccc4[nH]3)cn12. The molecular weight excluding hydrogens is 485 g/mol. The minimum atomic E-state index is -4.43. The zero-order chi connectivity index (χ0) is 26.0. The first kappa shape index (κ1) is 24.5. The predicted molar refractivity (Wildman–Crippen MR) is 133 cm³/mol. The summed E-state index contributed by atoms with van der Waals surface area (Å²) in [6.45, 7) is 1.86. The van der Waals surface area contributed by atoms with Crippen LogP contribution in [0, 0.1) is 0 Å². The molecule has 0 bridgehead atoms. The predicted octanol–water partition coefficient (Wildman–Crippen LogP) is 4.88. The van der Waals surface area contributed by atoms with Crippen molar-refractivity contribution >= 4 is 28.5 Å². The number of rotatable bonds is 8. The highest BCUT2D eigenvalue weighted by molar-refractivity contribution is 6.03.